The van der Waals surface area contributed by atoms with Gasteiger partial charge in [-0.2, -0.15) is 0 Å². The van der Waals surface area contributed by atoms with Crippen molar-refractivity contribution in [1.29, 1.82) is 0 Å². The van der Waals surface area contributed by atoms with E-state index in [0.29, 0.717) is 13.2 Å². The third-order valence-corrected chi connectivity index (χ3v) is 2.84. The van der Waals surface area contributed by atoms with Crippen LogP contribution in [0.4, 0.5) is 5.82 Å². The van der Waals surface area contributed by atoms with Gasteiger partial charge in [0.05, 0.1) is 13.2 Å². The van der Waals surface area contributed by atoms with E-state index in [1.807, 2.05) is 38.1 Å². The number of aliphatic imine (C=N–C) groups is 1. The predicted octanol–water partition coefficient (Wildman–Crippen LogP) is 1.24. The van der Waals surface area contributed by atoms with Crippen LogP contribution in [0.1, 0.15) is 19.4 Å². The number of ether oxygens (including phenoxy) is 1. The molecule has 0 fully saturated rings. The fraction of sp³-hybridized carbons (Fsp3) is 0.600. The zero-order chi connectivity index (χ0) is 15.7. The van der Waals surface area contributed by atoms with Crippen molar-refractivity contribution in [2.45, 2.75) is 26.4 Å². The van der Waals surface area contributed by atoms with Crippen LogP contribution < -0.4 is 15.5 Å². The van der Waals surface area contributed by atoms with E-state index in [1.165, 1.54) is 0 Å². The molecule has 1 aromatic heterocycles. The molecule has 0 aliphatic carbocycles. The summed E-state index contributed by atoms with van der Waals surface area (Å²) in [5.41, 5.74) is 1.10. The minimum atomic E-state index is 0.204. The third kappa shape index (κ3) is 5.99. The van der Waals surface area contributed by atoms with Crippen LogP contribution in [0.5, 0.6) is 0 Å². The summed E-state index contributed by atoms with van der Waals surface area (Å²) < 4.78 is 5.13. The zero-order valence-electron chi connectivity index (χ0n) is 13.7. The summed E-state index contributed by atoms with van der Waals surface area (Å²) in [7, 11) is 5.67. The lowest BCUT2D eigenvalue weighted by atomic mass is 10.2. The summed E-state index contributed by atoms with van der Waals surface area (Å²) in [6, 6.07) is 4.19. The van der Waals surface area contributed by atoms with Crippen LogP contribution in [0.2, 0.25) is 0 Å². The van der Waals surface area contributed by atoms with Crippen molar-refractivity contribution in [2.24, 2.45) is 4.99 Å². The standard InChI is InChI=1S/C15H27N5O/c1-6-16-15(19-12(2)11-21-5)18-10-13-8-7-9-17-14(13)20(3)4/h7-9,12H,6,10-11H2,1-5H3,(H2,16,18,19). The number of nitrogens with zero attached hydrogens (tertiary/aromatic N) is 3. The fourth-order valence-corrected chi connectivity index (χ4v) is 1.97. The molecule has 1 heterocycles. The molecule has 0 aliphatic heterocycles. The molecular formula is C15H27N5O. The van der Waals surface area contributed by atoms with Crippen LogP contribution in [-0.4, -0.2) is 51.3 Å². The van der Waals surface area contributed by atoms with E-state index < -0.39 is 0 Å². The topological polar surface area (TPSA) is 61.8 Å². The van der Waals surface area contributed by atoms with Crippen molar-refractivity contribution < 1.29 is 4.74 Å². The Bertz CT molecular complexity index is 447. The Hall–Kier alpha value is -1.82. The van der Waals surface area contributed by atoms with Gasteiger partial charge in [-0.3, -0.25) is 0 Å². The van der Waals surface area contributed by atoms with Gasteiger partial charge in [-0.25, -0.2) is 9.98 Å². The Labute approximate surface area is 127 Å². The largest absolute Gasteiger partial charge is 0.383 e. The van der Waals surface area contributed by atoms with E-state index in [4.69, 9.17) is 4.74 Å². The van der Waals surface area contributed by atoms with Crippen molar-refractivity contribution >= 4 is 11.8 Å². The number of hydrogen-bond donors (Lipinski definition) is 2. The van der Waals surface area contributed by atoms with Crippen molar-refractivity contribution in [3.63, 3.8) is 0 Å². The van der Waals surface area contributed by atoms with Crippen LogP contribution in [0.3, 0.4) is 0 Å². The Balaban J connectivity index is 2.78. The van der Waals surface area contributed by atoms with E-state index in [2.05, 4.69) is 27.5 Å². The molecule has 1 rings (SSSR count). The molecule has 0 amide bonds. The van der Waals surface area contributed by atoms with Gasteiger partial charge in [-0.15, -0.1) is 0 Å². The first-order chi connectivity index (χ1) is 10.1. The highest BCUT2D eigenvalue weighted by Gasteiger charge is 2.07. The predicted molar refractivity (Wildman–Crippen MR) is 87.9 cm³/mol. The van der Waals surface area contributed by atoms with Gasteiger partial charge in [0.25, 0.3) is 0 Å². The van der Waals surface area contributed by atoms with Gasteiger partial charge < -0.3 is 20.3 Å². The second-order valence-electron chi connectivity index (χ2n) is 5.08. The van der Waals surface area contributed by atoms with Crippen molar-refractivity contribution in [2.75, 3.05) is 39.3 Å². The van der Waals surface area contributed by atoms with Gasteiger partial charge in [-0.1, -0.05) is 6.07 Å². The van der Waals surface area contributed by atoms with E-state index in [-0.39, 0.29) is 6.04 Å². The second-order valence-corrected chi connectivity index (χ2v) is 5.08. The first-order valence-corrected chi connectivity index (χ1v) is 7.23. The highest BCUT2D eigenvalue weighted by atomic mass is 16.5. The Morgan fingerprint density at radius 2 is 2.24 bits per heavy atom. The highest BCUT2D eigenvalue weighted by molar-refractivity contribution is 5.80. The van der Waals surface area contributed by atoms with E-state index >= 15 is 0 Å². The van der Waals surface area contributed by atoms with Crippen molar-refractivity contribution in [3.8, 4) is 0 Å². The minimum absolute atomic E-state index is 0.204. The number of aromatic nitrogens is 1. The normalized spacial score (nSPS) is 12.9. The maximum atomic E-state index is 5.13. The third-order valence-electron chi connectivity index (χ3n) is 2.84. The Morgan fingerprint density at radius 3 is 2.86 bits per heavy atom. The monoisotopic (exact) mass is 293 g/mol. The summed E-state index contributed by atoms with van der Waals surface area (Å²) >= 11 is 0. The summed E-state index contributed by atoms with van der Waals surface area (Å²) in [4.78, 5) is 11.0. The summed E-state index contributed by atoms with van der Waals surface area (Å²) in [6.07, 6.45) is 1.80. The van der Waals surface area contributed by atoms with Gasteiger partial charge in [0.1, 0.15) is 5.82 Å². The fourth-order valence-electron chi connectivity index (χ4n) is 1.97. The summed E-state index contributed by atoms with van der Waals surface area (Å²) in [6.45, 7) is 6.15. The Morgan fingerprint density at radius 1 is 1.48 bits per heavy atom. The van der Waals surface area contributed by atoms with Gasteiger partial charge >= 0.3 is 0 Å². The molecular weight excluding hydrogens is 266 g/mol. The number of pyridine rings is 1. The molecule has 2 N–H and O–H groups in total. The molecule has 0 aromatic carbocycles. The average Bonchev–Trinajstić information content (AvgIpc) is 2.45. The van der Waals surface area contributed by atoms with Gasteiger partial charge in [0, 0.05) is 45.6 Å². The molecule has 0 bridgehead atoms. The number of rotatable bonds is 7. The molecule has 0 spiro atoms. The number of nitrogens with one attached hydrogen (secondary N) is 2. The first-order valence-electron chi connectivity index (χ1n) is 7.23. The van der Waals surface area contributed by atoms with Crippen LogP contribution in [0.15, 0.2) is 23.3 Å². The van der Waals surface area contributed by atoms with Crippen molar-refractivity contribution in [3.05, 3.63) is 23.9 Å². The lowest BCUT2D eigenvalue weighted by Crippen LogP contribution is -2.43. The van der Waals surface area contributed by atoms with E-state index in [1.54, 1.807) is 13.3 Å². The molecule has 6 heteroatoms. The molecule has 0 aliphatic rings. The number of anilines is 1. The SMILES string of the molecule is CCNC(=NCc1cccnc1N(C)C)NC(C)COC. The summed E-state index contributed by atoms with van der Waals surface area (Å²) in [5.74, 6) is 1.73. The number of methoxy groups -OCH3 is 1. The van der Waals surface area contributed by atoms with Crippen molar-refractivity contribution in [1.82, 2.24) is 15.6 Å². The van der Waals surface area contributed by atoms with Gasteiger partial charge in [0.2, 0.25) is 0 Å². The molecule has 118 valence electrons. The molecule has 1 atom stereocenters. The van der Waals surface area contributed by atoms with Crippen LogP contribution in [0.25, 0.3) is 0 Å². The molecule has 0 saturated carbocycles. The number of guanidine groups is 1. The summed E-state index contributed by atoms with van der Waals surface area (Å²) in [5, 5.41) is 6.56. The lowest BCUT2D eigenvalue weighted by Gasteiger charge is -2.18. The van der Waals surface area contributed by atoms with E-state index in [9.17, 15) is 0 Å². The highest BCUT2D eigenvalue weighted by Crippen LogP contribution is 2.15. The smallest absolute Gasteiger partial charge is 0.191 e. The average molecular weight is 293 g/mol. The maximum absolute atomic E-state index is 5.13. The van der Waals surface area contributed by atoms with Gasteiger partial charge in [-0.05, 0) is 19.9 Å². The van der Waals surface area contributed by atoms with Crippen LogP contribution >= 0.6 is 0 Å². The van der Waals surface area contributed by atoms with Crippen LogP contribution in [0, 0.1) is 0 Å². The van der Waals surface area contributed by atoms with E-state index in [0.717, 1.165) is 23.9 Å². The molecule has 6 nitrogen and oxygen atoms in total. The maximum Gasteiger partial charge on any atom is 0.191 e. The number of hydrogen-bond acceptors (Lipinski definition) is 4. The Kier molecular flexibility index (Phi) is 7.53. The molecule has 1 aromatic rings. The van der Waals surface area contributed by atoms with Crippen LogP contribution in [-0.2, 0) is 11.3 Å². The first kappa shape index (κ1) is 17.2. The zero-order valence-corrected chi connectivity index (χ0v) is 13.7. The lowest BCUT2D eigenvalue weighted by molar-refractivity contribution is 0.179. The molecule has 0 radical (unpaired) electrons. The quantitative estimate of drug-likeness (QED) is 0.585. The molecule has 0 saturated heterocycles. The minimum Gasteiger partial charge on any atom is -0.383 e. The molecule has 1 unspecified atom stereocenters. The molecule has 21 heavy (non-hydrogen) atoms. The second kappa shape index (κ2) is 9.18. The van der Waals surface area contributed by atoms with Gasteiger partial charge in [0.15, 0.2) is 5.96 Å².